The van der Waals surface area contributed by atoms with E-state index >= 15 is 0 Å². The Bertz CT molecular complexity index is 808. The number of pyridine rings is 3. The van der Waals surface area contributed by atoms with Crippen LogP contribution in [0, 0.1) is 13.8 Å². The summed E-state index contributed by atoms with van der Waals surface area (Å²) in [6.07, 6.45) is 3.54. The number of carbonyl (C=O) groups excluding carboxylic acids is 1. The molecule has 0 saturated heterocycles. The van der Waals surface area contributed by atoms with Crippen molar-refractivity contribution in [1.29, 1.82) is 0 Å². The van der Waals surface area contributed by atoms with Crippen LogP contribution in [0.1, 0.15) is 21.5 Å². The van der Waals surface area contributed by atoms with Crippen molar-refractivity contribution in [3.05, 3.63) is 65.5 Å². The van der Waals surface area contributed by atoms with Gasteiger partial charge in [0.2, 0.25) is 0 Å². The summed E-state index contributed by atoms with van der Waals surface area (Å²) in [5.41, 5.74) is 5.14. The van der Waals surface area contributed by atoms with Gasteiger partial charge >= 0.3 is 5.97 Å². The number of esters is 1. The normalized spacial score (nSPS) is 10.5. The molecule has 5 heteroatoms. The number of nitrogens with zero attached hydrogens (tertiary/aromatic N) is 3. The number of rotatable bonds is 3. The number of aromatic nitrogens is 3. The van der Waals surface area contributed by atoms with Gasteiger partial charge in [0.05, 0.1) is 35.4 Å². The van der Waals surface area contributed by atoms with Gasteiger partial charge in [0.25, 0.3) is 0 Å². The molecule has 3 rings (SSSR count). The Labute approximate surface area is 140 Å². The van der Waals surface area contributed by atoms with Crippen LogP contribution in [0.15, 0.2) is 48.8 Å². The van der Waals surface area contributed by atoms with E-state index in [1.165, 1.54) is 7.11 Å². The second kappa shape index (κ2) is 6.58. The van der Waals surface area contributed by atoms with Crippen molar-refractivity contribution in [2.45, 2.75) is 13.8 Å². The largest absolute Gasteiger partial charge is 0.465 e. The van der Waals surface area contributed by atoms with Crippen LogP contribution in [0.2, 0.25) is 0 Å². The zero-order valence-corrected chi connectivity index (χ0v) is 13.8. The van der Waals surface area contributed by atoms with Crippen LogP contribution >= 0.6 is 0 Å². The van der Waals surface area contributed by atoms with E-state index in [9.17, 15) is 4.79 Å². The summed E-state index contributed by atoms with van der Waals surface area (Å²) in [5.74, 6) is -0.417. The van der Waals surface area contributed by atoms with E-state index in [1.807, 2.05) is 38.1 Å². The second-order valence-electron chi connectivity index (χ2n) is 5.56. The third kappa shape index (κ3) is 3.30. The third-order valence-corrected chi connectivity index (χ3v) is 3.59. The Kier molecular flexibility index (Phi) is 4.33. The molecule has 0 spiro atoms. The lowest BCUT2D eigenvalue weighted by Crippen LogP contribution is -2.04. The van der Waals surface area contributed by atoms with E-state index in [1.54, 1.807) is 24.5 Å². The molecule has 0 bridgehead atoms. The highest BCUT2D eigenvalue weighted by molar-refractivity contribution is 5.91. The van der Waals surface area contributed by atoms with Gasteiger partial charge in [-0.1, -0.05) is 12.1 Å². The fourth-order valence-electron chi connectivity index (χ4n) is 2.27. The molecule has 0 saturated carbocycles. The topological polar surface area (TPSA) is 65.0 Å². The van der Waals surface area contributed by atoms with Crippen molar-refractivity contribution >= 4 is 5.97 Å². The van der Waals surface area contributed by atoms with Gasteiger partial charge in [-0.2, -0.15) is 0 Å². The number of hydrogen-bond donors (Lipinski definition) is 0. The summed E-state index contributed by atoms with van der Waals surface area (Å²) in [4.78, 5) is 25.4. The summed E-state index contributed by atoms with van der Waals surface area (Å²) in [5, 5.41) is 0. The zero-order chi connectivity index (χ0) is 17.1. The predicted octanol–water partition coefficient (Wildman–Crippen LogP) is 3.61. The summed E-state index contributed by atoms with van der Waals surface area (Å²) in [6, 6.07) is 11.0. The summed E-state index contributed by atoms with van der Waals surface area (Å²) >= 11 is 0. The number of hydrogen-bond acceptors (Lipinski definition) is 5. The summed E-state index contributed by atoms with van der Waals surface area (Å²) in [6.45, 7) is 3.94. The first-order chi connectivity index (χ1) is 11.6. The Morgan fingerprint density at radius 3 is 1.71 bits per heavy atom. The highest BCUT2D eigenvalue weighted by Gasteiger charge is 2.13. The van der Waals surface area contributed by atoms with E-state index in [-0.39, 0.29) is 0 Å². The fourth-order valence-corrected chi connectivity index (χ4v) is 2.27. The predicted molar refractivity (Wildman–Crippen MR) is 91.5 cm³/mol. The van der Waals surface area contributed by atoms with Gasteiger partial charge in [0.1, 0.15) is 0 Å². The van der Waals surface area contributed by atoms with Crippen LogP contribution in [0.4, 0.5) is 0 Å². The summed E-state index contributed by atoms with van der Waals surface area (Å²) < 4.78 is 4.85. The molecule has 3 aromatic rings. The molecule has 3 aromatic heterocycles. The van der Waals surface area contributed by atoms with Crippen LogP contribution in [-0.4, -0.2) is 28.0 Å². The first kappa shape index (κ1) is 15.8. The van der Waals surface area contributed by atoms with E-state index in [2.05, 4.69) is 15.0 Å². The lowest BCUT2D eigenvalue weighted by Gasteiger charge is -2.08. The minimum absolute atomic E-state index is 0.417. The van der Waals surface area contributed by atoms with Crippen LogP contribution in [0.3, 0.4) is 0 Å². The number of methoxy groups -OCH3 is 1. The molecule has 3 heterocycles. The minimum atomic E-state index is -0.417. The minimum Gasteiger partial charge on any atom is -0.465 e. The molecule has 0 aromatic carbocycles. The highest BCUT2D eigenvalue weighted by atomic mass is 16.5. The zero-order valence-electron chi connectivity index (χ0n) is 13.8. The molecule has 0 unspecified atom stereocenters. The Morgan fingerprint density at radius 2 is 1.33 bits per heavy atom. The number of aryl methyl sites for hydroxylation is 2. The molecule has 5 nitrogen and oxygen atoms in total. The van der Waals surface area contributed by atoms with Crippen molar-refractivity contribution < 1.29 is 9.53 Å². The number of carbonyl (C=O) groups is 1. The fraction of sp³-hybridized carbons (Fsp3) is 0.158. The SMILES string of the molecule is COC(=O)c1cc(-c2ccc(C)cn2)nc(-c2ccc(C)cn2)c1. The molecule has 0 aliphatic heterocycles. The average molecular weight is 319 g/mol. The molecule has 0 atom stereocenters. The van der Waals surface area contributed by atoms with Crippen molar-refractivity contribution in [2.75, 3.05) is 7.11 Å². The standard InChI is InChI=1S/C19H17N3O2/c1-12-4-6-15(20-10-12)17-8-14(19(23)24-3)9-18(22-17)16-7-5-13(2)11-21-16/h4-11H,1-3H3. The smallest absolute Gasteiger partial charge is 0.338 e. The molecule has 0 amide bonds. The van der Waals surface area contributed by atoms with E-state index < -0.39 is 5.97 Å². The maximum Gasteiger partial charge on any atom is 0.338 e. The molecule has 0 radical (unpaired) electrons. The van der Waals surface area contributed by atoms with Gasteiger partial charge in [-0.3, -0.25) is 9.97 Å². The molecule has 0 aliphatic carbocycles. The lowest BCUT2D eigenvalue weighted by molar-refractivity contribution is 0.0600. The van der Waals surface area contributed by atoms with Gasteiger partial charge < -0.3 is 4.74 Å². The highest BCUT2D eigenvalue weighted by Crippen LogP contribution is 2.23. The van der Waals surface area contributed by atoms with Gasteiger partial charge in [0, 0.05) is 12.4 Å². The molecular weight excluding hydrogens is 302 g/mol. The first-order valence-corrected chi connectivity index (χ1v) is 7.53. The quantitative estimate of drug-likeness (QED) is 0.690. The molecule has 0 aliphatic rings. The average Bonchev–Trinajstić information content (AvgIpc) is 2.62. The Hall–Kier alpha value is -3.08. The Morgan fingerprint density at radius 1 is 0.833 bits per heavy atom. The first-order valence-electron chi connectivity index (χ1n) is 7.53. The third-order valence-electron chi connectivity index (χ3n) is 3.59. The molecule has 120 valence electrons. The maximum atomic E-state index is 12.0. The van der Waals surface area contributed by atoms with Gasteiger partial charge in [-0.15, -0.1) is 0 Å². The summed E-state index contributed by atoms with van der Waals surface area (Å²) in [7, 11) is 1.36. The molecule has 0 N–H and O–H groups in total. The molecule has 24 heavy (non-hydrogen) atoms. The van der Waals surface area contributed by atoms with E-state index in [0.29, 0.717) is 28.3 Å². The van der Waals surface area contributed by atoms with E-state index in [0.717, 1.165) is 11.1 Å². The Balaban J connectivity index is 2.14. The van der Waals surface area contributed by atoms with Crippen LogP contribution in [0.5, 0.6) is 0 Å². The maximum absolute atomic E-state index is 12.0. The molecular formula is C19H17N3O2. The van der Waals surface area contributed by atoms with Gasteiger partial charge in [-0.25, -0.2) is 9.78 Å². The van der Waals surface area contributed by atoms with Gasteiger partial charge in [-0.05, 0) is 49.2 Å². The van der Waals surface area contributed by atoms with Crippen molar-refractivity contribution in [3.63, 3.8) is 0 Å². The van der Waals surface area contributed by atoms with Crippen LogP contribution in [0.25, 0.3) is 22.8 Å². The lowest BCUT2D eigenvalue weighted by atomic mass is 10.1. The monoisotopic (exact) mass is 319 g/mol. The van der Waals surface area contributed by atoms with Crippen molar-refractivity contribution in [3.8, 4) is 22.8 Å². The second-order valence-corrected chi connectivity index (χ2v) is 5.56. The molecule has 0 fully saturated rings. The van der Waals surface area contributed by atoms with E-state index in [4.69, 9.17) is 4.74 Å². The number of ether oxygens (including phenoxy) is 1. The van der Waals surface area contributed by atoms with Crippen molar-refractivity contribution in [2.24, 2.45) is 0 Å². The van der Waals surface area contributed by atoms with Gasteiger partial charge in [0.15, 0.2) is 0 Å². The van der Waals surface area contributed by atoms with Crippen molar-refractivity contribution in [1.82, 2.24) is 15.0 Å². The van der Waals surface area contributed by atoms with Crippen LogP contribution < -0.4 is 0 Å². The van der Waals surface area contributed by atoms with Crippen LogP contribution in [-0.2, 0) is 4.74 Å².